The normalized spacial score (nSPS) is 21.7. The Kier molecular flexibility index (Phi) is 5.22. The van der Waals surface area contributed by atoms with Crippen molar-refractivity contribution >= 4 is 33.0 Å². The van der Waals surface area contributed by atoms with Crippen LogP contribution in [-0.4, -0.2) is 52.7 Å². The van der Waals surface area contributed by atoms with Crippen LogP contribution in [0.2, 0.25) is 4.34 Å². The summed E-state index contributed by atoms with van der Waals surface area (Å²) >= 11 is 6.80. The zero-order chi connectivity index (χ0) is 13.9. The lowest BCUT2D eigenvalue weighted by molar-refractivity contribution is -0.0222. The Labute approximate surface area is 122 Å². The molecule has 0 bridgehead atoms. The van der Waals surface area contributed by atoms with Crippen molar-refractivity contribution in [1.82, 2.24) is 9.62 Å². The van der Waals surface area contributed by atoms with E-state index in [0.717, 1.165) is 24.4 Å². The van der Waals surface area contributed by atoms with E-state index in [0.29, 0.717) is 23.9 Å². The molecule has 1 N–H and O–H groups in total. The first-order chi connectivity index (χ1) is 8.97. The lowest BCUT2D eigenvalue weighted by Crippen LogP contribution is -2.41. The van der Waals surface area contributed by atoms with Crippen LogP contribution < -0.4 is 4.72 Å². The van der Waals surface area contributed by atoms with E-state index < -0.39 is 10.0 Å². The Bertz CT molecular complexity index is 518. The van der Waals surface area contributed by atoms with Crippen LogP contribution in [0.25, 0.3) is 0 Å². The Balaban J connectivity index is 1.82. The highest BCUT2D eigenvalue weighted by Crippen LogP contribution is 2.25. The molecule has 5 nitrogen and oxygen atoms in total. The monoisotopic (exact) mass is 324 g/mol. The van der Waals surface area contributed by atoms with E-state index >= 15 is 0 Å². The van der Waals surface area contributed by atoms with Crippen LogP contribution in [0.4, 0.5) is 0 Å². The van der Waals surface area contributed by atoms with Crippen molar-refractivity contribution in [2.75, 3.05) is 33.3 Å². The van der Waals surface area contributed by atoms with E-state index in [1.54, 1.807) is 6.07 Å². The first kappa shape index (κ1) is 15.2. The Hall–Kier alpha value is -0.180. The van der Waals surface area contributed by atoms with E-state index in [-0.39, 0.29) is 10.3 Å². The van der Waals surface area contributed by atoms with Gasteiger partial charge in [-0.1, -0.05) is 11.6 Å². The van der Waals surface area contributed by atoms with Crippen molar-refractivity contribution in [3.8, 4) is 0 Å². The van der Waals surface area contributed by atoms with Crippen LogP contribution in [0.5, 0.6) is 0 Å². The number of ether oxygens (including phenoxy) is 1. The molecule has 0 aliphatic carbocycles. The molecule has 1 aliphatic heterocycles. The molecule has 0 saturated carbocycles. The summed E-state index contributed by atoms with van der Waals surface area (Å²) in [6.45, 7) is 2.84. The second-order valence-electron chi connectivity index (χ2n) is 4.50. The molecule has 1 saturated heterocycles. The highest BCUT2D eigenvalue weighted by Gasteiger charge is 2.20. The summed E-state index contributed by atoms with van der Waals surface area (Å²) in [4.78, 5) is 2.18. The summed E-state index contributed by atoms with van der Waals surface area (Å²) in [6, 6.07) is 3.10. The fourth-order valence-corrected chi connectivity index (χ4v) is 4.48. The molecule has 19 heavy (non-hydrogen) atoms. The number of halogens is 1. The average Bonchev–Trinajstić information content (AvgIpc) is 2.76. The van der Waals surface area contributed by atoms with Gasteiger partial charge in [0.25, 0.3) is 0 Å². The lowest BCUT2D eigenvalue weighted by Gasteiger charge is -2.30. The summed E-state index contributed by atoms with van der Waals surface area (Å²) in [6.07, 6.45) is 0.760. The molecule has 1 aromatic rings. The van der Waals surface area contributed by atoms with Crippen molar-refractivity contribution in [2.24, 2.45) is 0 Å². The summed E-state index contributed by atoms with van der Waals surface area (Å²) in [5.41, 5.74) is 0. The average molecular weight is 325 g/mol. The van der Waals surface area contributed by atoms with Gasteiger partial charge in [-0.3, -0.25) is 0 Å². The van der Waals surface area contributed by atoms with Crippen LogP contribution in [0.1, 0.15) is 6.42 Å². The SMILES string of the molecule is CN1CCOC(CCNS(=O)(=O)c2ccc(Cl)s2)C1. The molecule has 2 heterocycles. The van der Waals surface area contributed by atoms with Crippen molar-refractivity contribution in [3.63, 3.8) is 0 Å². The quantitative estimate of drug-likeness (QED) is 0.889. The predicted molar refractivity (Wildman–Crippen MR) is 76.4 cm³/mol. The smallest absolute Gasteiger partial charge is 0.250 e. The molecule has 0 spiro atoms. The summed E-state index contributed by atoms with van der Waals surface area (Å²) in [5.74, 6) is 0. The van der Waals surface area contributed by atoms with E-state index in [4.69, 9.17) is 16.3 Å². The minimum Gasteiger partial charge on any atom is -0.376 e. The number of hydrogen-bond donors (Lipinski definition) is 1. The van der Waals surface area contributed by atoms with Crippen LogP contribution >= 0.6 is 22.9 Å². The van der Waals surface area contributed by atoms with Crippen LogP contribution in [-0.2, 0) is 14.8 Å². The molecule has 0 amide bonds. The third-order valence-corrected chi connectivity index (χ3v) is 6.10. The summed E-state index contributed by atoms with van der Waals surface area (Å²) < 4.78 is 32.8. The molecule has 108 valence electrons. The van der Waals surface area contributed by atoms with Crippen LogP contribution in [0, 0.1) is 0 Å². The maximum atomic E-state index is 11.9. The molecule has 1 unspecified atom stereocenters. The first-order valence-electron chi connectivity index (χ1n) is 6.02. The van der Waals surface area contributed by atoms with Gasteiger partial charge in [0.15, 0.2) is 0 Å². The Morgan fingerprint density at radius 1 is 1.58 bits per heavy atom. The van der Waals surface area contributed by atoms with Crippen molar-refractivity contribution < 1.29 is 13.2 Å². The van der Waals surface area contributed by atoms with Gasteiger partial charge in [0.05, 0.1) is 17.0 Å². The molecule has 8 heteroatoms. The number of sulfonamides is 1. The predicted octanol–water partition coefficient (Wildman–Crippen LogP) is 1.40. The summed E-state index contributed by atoms with van der Waals surface area (Å²) in [7, 11) is -1.40. The van der Waals surface area contributed by atoms with Crippen molar-refractivity contribution in [3.05, 3.63) is 16.5 Å². The van der Waals surface area contributed by atoms with E-state index in [9.17, 15) is 8.42 Å². The minimum absolute atomic E-state index is 0.0911. The molecular weight excluding hydrogens is 308 g/mol. The molecule has 2 rings (SSSR count). The fraction of sp³-hybridized carbons (Fsp3) is 0.636. The molecule has 1 fully saturated rings. The zero-order valence-corrected chi connectivity index (χ0v) is 13.0. The van der Waals surface area contributed by atoms with Gasteiger partial charge in [0.1, 0.15) is 4.21 Å². The maximum Gasteiger partial charge on any atom is 0.250 e. The lowest BCUT2D eigenvalue weighted by atomic mass is 10.2. The molecule has 1 atom stereocenters. The third kappa shape index (κ3) is 4.40. The molecular formula is C11H17ClN2O3S2. The van der Waals surface area contributed by atoms with E-state index in [1.165, 1.54) is 6.07 Å². The number of hydrogen-bond acceptors (Lipinski definition) is 5. The number of morpholine rings is 1. The standard InChI is InChI=1S/C11H17ClN2O3S2/c1-14-6-7-17-9(8-14)4-5-13-19(15,16)11-3-2-10(12)18-11/h2-3,9,13H,4-8H2,1H3. The Morgan fingerprint density at radius 3 is 3.00 bits per heavy atom. The molecule has 0 aromatic carbocycles. The minimum atomic E-state index is -3.44. The zero-order valence-electron chi connectivity index (χ0n) is 10.6. The van der Waals surface area contributed by atoms with Gasteiger partial charge in [0, 0.05) is 19.6 Å². The Morgan fingerprint density at radius 2 is 2.37 bits per heavy atom. The molecule has 0 radical (unpaired) electrons. The van der Waals surface area contributed by atoms with Gasteiger partial charge in [-0.2, -0.15) is 0 Å². The van der Waals surface area contributed by atoms with Gasteiger partial charge in [-0.25, -0.2) is 13.1 Å². The van der Waals surface area contributed by atoms with Gasteiger partial charge in [0.2, 0.25) is 10.0 Å². The largest absolute Gasteiger partial charge is 0.376 e. The summed E-state index contributed by atoms with van der Waals surface area (Å²) in [5, 5.41) is 0. The third-order valence-electron chi connectivity index (χ3n) is 2.91. The van der Waals surface area contributed by atoms with Gasteiger partial charge in [-0.05, 0) is 25.6 Å². The van der Waals surface area contributed by atoms with Crippen LogP contribution in [0.3, 0.4) is 0 Å². The van der Waals surface area contributed by atoms with E-state index in [2.05, 4.69) is 9.62 Å². The number of nitrogens with zero attached hydrogens (tertiary/aromatic N) is 1. The second kappa shape index (κ2) is 6.51. The van der Waals surface area contributed by atoms with Crippen molar-refractivity contribution in [1.29, 1.82) is 0 Å². The number of likely N-dealkylation sites (N-methyl/N-ethyl adjacent to an activating group) is 1. The molecule has 1 aliphatic rings. The highest BCUT2D eigenvalue weighted by atomic mass is 35.5. The van der Waals surface area contributed by atoms with Crippen LogP contribution in [0.15, 0.2) is 16.3 Å². The van der Waals surface area contributed by atoms with E-state index in [1.807, 2.05) is 7.05 Å². The maximum absolute atomic E-state index is 11.9. The van der Waals surface area contributed by atoms with Gasteiger partial charge >= 0.3 is 0 Å². The number of thiophene rings is 1. The fourth-order valence-electron chi connectivity index (χ4n) is 1.91. The molecule has 1 aromatic heterocycles. The van der Waals surface area contributed by atoms with Gasteiger partial charge < -0.3 is 9.64 Å². The number of rotatable bonds is 5. The first-order valence-corrected chi connectivity index (χ1v) is 8.70. The van der Waals surface area contributed by atoms with Crippen molar-refractivity contribution in [2.45, 2.75) is 16.7 Å². The van der Waals surface area contributed by atoms with Gasteiger partial charge in [-0.15, -0.1) is 11.3 Å². The second-order valence-corrected chi connectivity index (χ2v) is 8.21. The topological polar surface area (TPSA) is 58.6 Å². The number of nitrogens with one attached hydrogen (secondary N) is 1. The highest BCUT2D eigenvalue weighted by molar-refractivity contribution is 7.91.